The maximum Gasteiger partial charge on any atom is 0.237 e. The van der Waals surface area contributed by atoms with Gasteiger partial charge in [-0.15, -0.1) is 12.4 Å². The molecule has 0 aromatic carbocycles. The number of β-amino-alcohol motifs (C(OH)–C–C–N with tert-alkyl or cyclic N) is 1. The Kier molecular flexibility index (Phi) is 7.23. The van der Waals surface area contributed by atoms with Gasteiger partial charge in [0.05, 0.1) is 12.1 Å². The highest BCUT2D eigenvalue weighted by molar-refractivity contribution is 5.85. The summed E-state index contributed by atoms with van der Waals surface area (Å²) in [6.45, 7) is 4.81. The lowest BCUT2D eigenvalue weighted by molar-refractivity contribution is -0.124. The lowest BCUT2D eigenvalue weighted by Gasteiger charge is -2.42. The number of ether oxygens (including phenoxy) is 1. The van der Waals surface area contributed by atoms with Gasteiger partial charge in [0.25, 0.3) is 0 Å². The molecule has 6 heteroatoms. The molecule has 2 atom stereocenters. The molecule has 0 aromatic rings. The van der Waals surface area contributed by atoms with E-state index in [9.17, 15) is 9.90 Å². The second-order valence-corrected chi connectivity index (χ2v) is 5.87. The molecule has 1 saturated carbocycles. The SMILES string of the molecule is CCOCCC1(CNC(=O)C2CC(O)CN2)CCC1.Cl. The van der Waals surface area contributed by atoms with Crippen molar-refractivity contribution in [2.75, 3.05) is 26.3 Å². The fraction of sp³-hybridized carbons (Fsp3) is 0.929. The molecule has 0 spiro atoms. The summed E-state index contributed by atoms with van der Waals surface area (Å²) in [5.74, 6) is 0.0271. The number of hydrogen-bond acceptors (Lipinski definition) is 4. The lowest BCUT2D eigenvalue weighted by atomic mass is 9.66. The van der Waals surface area contributed by atoms with E-state index in [4.69, 9.17) is 4.74 Å². The number of rotatable bonds is 7. The molecule has 1 aliphatic carbocycles. The summed E-state index contributed by atoms with van der Waals surface area (Å²) < 4.78 is 5.43. The zero-order valence-electron chi connectivity index (χ0n) is 12.2. The number of carbonyl (C=O) groups is 1. The number of hydrogen-bond donors (Lipinski definition) is 3. The van der Waals surface area contributed by atoms with Crippen LogP contribution in [0.4, 0.5) is 0 Å². The molecule has 1 amide bonds. The quantitative estimate of drug-likeness (QED) is 0.610. The predicted octanol–water partition coefficient (Wildman–Crippen LogP) is 0.844. The number of carbonyl (C=O) groups excluding carboxylic acids is 1. The molecular formula is C14H27ClN2O3. The molecule has 1 aliphatic heterocycles. The predicted molar refractivity (Wildman–Crippen MR) is 80.1 cm³/mol. The fourth-order valence-electron chi connectivity index (χ4n) is 2.94. The second kappa shape index (κ2) is 8.17. The van der Waals surface area contributed by atoms with Crippen molar-refractivity contribution in [1.82, 2.24) is 10.6 Å². The molecule has 118 valence electrons. The zero-order valence-corrected chi connectivity index (χ0v) is 13.0. The number of nitrogens with one attached hydrogen (secondary N) is 2. The minimum Gasteiger partial charge on any atom is -0.392 e. The summed E-state index contributed by atoms with van der Waals surface area (Å²) in [6.07, 6.45) is 4.79. The van der Waals surface area contributed by atoms with Crippen molar-refractivity contribution in [2.45, 2.75) is 51.2 Å². The van der Waals surface area contributed by atoms with Gasteiger partial charge in [0.1, 0.15) is 0 Å². The standard InChI is InChI=1S/C14H26N2O3.ClH/c1-2-19-7-6-14(4-3-5-14)10-16-13(18)12-8-11(17)9-15-12;/h11-12,15,17H,2-10H2,1H3,(H,16,18);1H. The topological polar surface area (TPSA) is 70.6 Å². The van der Waals surface area contributed by atoms with E-state index in [0.717, 1.165) is 26.2 Å². The lowest BCUT2D eigenvalue weighted by Crippen LogP contribution is -2.47. The fourth-order valence-corrected chi connectivity index (χ4v) is 2.94. The summed E-state index contributed by atoms with van der Waals surface area (Å²) in [4.78, 5) is 12.0. The Morgan fingerprint density at radius 2 is 2.25 bits per heavy atom. The van der Waals surface area contributed by atoms with E-state index in [1.807, 2.05) is 6.92 Å². The molecule has 3 N–H and O–H groups in total. The van der Waals surface area contributed by atoms with Crippen molar-refractivity contribution in [2.24, 2.45) is 5.41 Å². The van der Waals surface area contributed by atoms with E-state index in [1.165, 1.54) is 19.3 Å². The first-order valence-electron chi connectivity index (χ1n) is 7.42. The molecule has 2 fully saturated rings. The third-order valence-corrected chi connectivity index (χ3v) is 4.46. The Hall–Kier alpha value is -0.360. The van der Waals surface area contributed by atoms with Crippen LogP contribution in [0.2, 0.25) is 0 Å². The van der Waals surface area contributed by atoms with Crippen LogP contribution >= 0.6 is 12.4 Å². The van der Waals surface area contributed by atoms with Crippen molar-refractivity contribution >= 4 is 18.3 Å². The Morgan fingerprint density at radius 1 is 1.50 bits per heavy atom. The van der Waals surface area contributed by atoms with Gasteiger partial charge in [-0.3, -0.25) is 4.79 Å². The maximum absolute atomic E-state index is 12.0. The third kappa shape index (κ3) is 4.58. The van der Waals surface area contributed by atoms with Gasteiger partial charge in [-0.2, -0.15) is 0 Å². The van der Waals surface area contributed by atoms with Gasteiger partial charge in [0, 0.05) is 26.3 Å². The van der Waals surface area contributed by atoms with E-state index in [-0.39, 0.29) is 35.9 Å². The van der Waals surface area contributed by atoms with Crippen molar-refractivity contribution in [3.8, 4) is 0 Å². The third-order valence-electron chi connectivity index (χ3n) is 4.46. The van der Waals surface area contributed by atoms with Gasteiger partial charge in [-0.25, -0.2) is 0 Å². The van der Waals surface area contributed by atoms with Crippen LogP contribution in [-0.2, 0) is 9.53 Å². The summed E-state index contributed by atoms with van der Waals surface area (Å²) in [5.41, 5.74) is 0.252. The highest BCUT2D eigenvalue weighted by Crippen LogP contribution is 2.43. The largest absolute Gasteiger partial charge is 0.392 e. The first-order chi connectivity index (χ1) is 9.15. The van der Waals surface area contributed by atoms with Crippen LogP contribution < -0.4 is 10.6 Å². The molecule has 2 rings (SSSR count). The first-order valence-corrected chi connectivity index (χ1v) is 7.42. The van der Waals surface area contributed by atoms with E-state index in [1.54, 1.807) is 0 Å². The second-order valence-electron chi connectivity index (χ2n) is 5.87. The molecule has 2 unspecified atom stereocenters. The normalized spacial score (nSPS) is 27.5. The van der Waals surface area contributed by atoms with Crippen molar-refractivity contribution < 1.29 is 14.6 Å². The van der Waals surface area contributed by atoms with E-state index < -0.39 is 0 Å². The number of amides is 1. The molecule has 5 nitrogen and oxygen atoms in total. The average Bonchev–Trinajstić information content (AvgIpc) is 2.78. The summed E-state index contributed by atoms with van der Waals surface area (Å²) >= 11 is 0. The zero-order chi connectivity index (χ0) is 13.7. The monoisotopic (exact) mass is 306 g/mol. The summed E-state index contributed by atoms with van der Waals surface area (Å²) in [5, 5.41) is 15.5. The highest BCUT2D eigenvalue weighted by atomic mass is 35.5. The molecular weight excluding hydrogens is 280 g/mol. The van der Waals surface area contributed by atoms with Crippen LogP contribution in [0.3, 0.4) is 0 Å². The Bertz CT molecular complexity index is 311. The first kappa shape index (κ1) is 17.7. The Balaban J connectivity index is 0.00000200. The van der Waals surface area contributed by atoms with Crippen LogP contribution in [0.15, 0.2) is 0 Å². The van der Waals surface area contributed by atoms with E-state index >= 15 is 0 Å². The highest BCUT2D eigenvalue weighted by Gasteiger charge is 2.37. The summed E-state index contributed by atoms with van der Waals surface area (Å²) in [6, 6.07) is -0.223. The molecule has 0 bridgehead atoms. The smallest absolute Gasteiger partial charge is 0.237 e. The van der Waals surface area contributed by atoms with E-state index in [0.29, 0.717) is 13.0 Å². The minimum absolute atomic E-state index is 0. The molecule has 1 heterocycles. The van der Waals surface area contributed by atoms with Gasteiger partial charge in [0.15, 0.2) is 0 Å². The van der Waals surface area contributed by atoms with Gasteiger partial charge in [-0.1, -0.05) is 6.42 Å². The van der Waals surface area contributed by atoms with E-state index in [2.05, 4.69) is 10.6 Å². The molecule has 0 radical (unpaired) electrons. The van der Waals surface area contributed by atoms with Crippen LogP contribution in [0, 0.1) is 5.41 Å². The maximum atomic E-state index is 12.0. The van der Waals surface area contributed by atoms with Gasteiger partial charge in [0.2, 0.25) is 5.91 Å². The van der Waals surface area contributed by atoms with Gasteiger partial charge in [-0.05, 0) is 38.0 Å². The van der Waals surface area contributed by atoms with Crippen molar-refractivity contribution in [1.29, 1.82) is 0 Å². The van der Waals surface area contributed by atoms with Crippen molar-refractivity contribution in [3.05, 3.63) is 0 Å². The van der Waals surface area contributed by atoms with Crippen LogP contribution in [0.1, 0.15) is 39.0 Å². The van der Waals surface area contributed by atoms with Crippen LogP contribution in [-0.4, -0.2) is 49.5 Å². The Labute approximate surface area is 127 Å². The molecule has 20 heavy (non-hydrogen) atoms. The number of aliphatic hydroxyl groups is 1. The minimum atomic E-state index is -0.383. The Morgan fingerprint density at radius 3 is 2.75 bits per heavy atom. The van der Waals surface area contributed by atoms with Crippen molar-refractivity contribution in [3.63, 3.8) is 0 Å². The number of halogens is 1. The molecule has 1 saturated heterocycles. The van der Waals surface area contributed by atoms with Crippen LogP contribution in [0.5, 0.6) is 0 Å². The summed E-state index contributed by atoms with van der Waals surface area (Å²) in [7, 11) is 0. The van der Waals surface area contributed by atoms with Gasteiger partial charge >= 0.3 is 0 Å². The molecule has 0 aromatic heterocycles. The van der Waals surface area contributed by atoms with Crippen LogP contribution in [0.25, 0.3) is 0 Å². The average molecular weight is 307 g/mol. The number of aliphatic hydroxyl groups excluding tert-OH is 1. The van der Waals surface area contributed by atoms with Gasteiger partial charge < -0.3 is 20.5 Å². The molecule has 2 aliphatic rings.